The van der Waals surface area contributed by atoms with Crippen molar-refractivity contribution in [2.24, 2.45) is 5.73 Å². The first-order valence-electron chi connectivity index (χ1n) is 5.90. The van der Waals surface area contributed by atoms with Crippen molar-refractivity contribution in [3.8, 4) is 0 Å². The van der Waals surface area contributed by atoms with E-state index < -0.39 is 0 Å². The van der Waals surface area contributed by atoms with Gasteiger partial charge in [0.15, 0.2) is 0 Å². The van der Waals surface area contributed by atoms with E-state index in [2.05, 4.69) is 11.8 Å². The molecule has 0 saturated heterocycles. The number of nitrogens with zero attached hydrogens (tertiary/aromatic N) is 1. The third-order valence-electron chi connectivity index (χ3n) is 2.65. The van der Waals surface area contributed by atoms with Crippen LogP contribution in [0.3, 0.4) is 0 Å². The highest BCUT2D eigenvalue weighted by atomic mass is 16.5. The minimum Gasteiger partial charge on any atom is -0.379 e. The maximum atomic E-state index is 5.40. The second-order valence-corrected chi connectivity index (χ2v) is 4.02. The maximum absolute atomic E-state index is 5.40. The molecular formula is C11H24N2O. The average molecular weight is 200 g/mol. The molecule has 0 spiro atoms. The van der Waals surface area contributed by atoms with E-state index in [-0.39, 0.29) is 0 Å². The summed E-state index contributed by atoms with van der Waals surface area (Å²) in [7, 11) is 0. The minimum absolute atomic E-state index is 0.637. The Bertz CT molecular complexity index is 137. The van der Waals surface area contributed by atoms with Gasteiger partial charge in [0.2, 0.25) is 0 Å². The van der Waals surface area contributed by atoms with Gasteiger partial charge < -0.3 is 10.5 Å². The molecule has 1 fully saturated rings. The standard InChI is InChI=1S/C11H24N2O/c1-2-3-7-13(11-4-5-11)8-10-14-9-6-12/h11H,2-10,12H2,1H3. The van der Waals surface area contributed by atoms with E-state index in [1.807, 2.05) is 0 Å². The number of hydrogen-bond donors (Lipinski definition) is 1. The highest BCUT2D eigenvalue weighted by Gasteiger charge is 2.27. The topological polar surface area (TPSA) is 38.5 Å². The SMILES string of the molecule is CCCCN(CCOCCN)C1CC1. The third-order valence-corrected chi connectivity index (χ3v) is 2.65. The van der Waals surface area contributed by atoms with Gasteiger partial charge in [-0.3, -0.25) is 4.90 Å². The summed E-state index contributed by atoms with van der Waals surface area (Å²) in [5.74, 6) is 0. The molecule has 0 aromatic rings. The van der Waals surface area contributed by atoms with E-state index >= 15 is 0 Å². The van der Waals surface area contributed by atoms with Gasteiger partial charge in [0, 0.05) is 19.1 Å². The molecule has 0 aliphatic heterocycles. The van der Waals surface area contributed by atoms with Crippen LogP contribution in [-0.4, -0.2) is 43.8 Å². The van der Waals surface area contributed by atoms with Crippen molar-refractivity contribution in [2.45, 2.75) is 38.6 Å². The predicted molar refractivity (Wildman–Crippen MR) is 59.4 cm³/mol. The van der Waals surface area contributed by atoms with Crippen molar-refractivity contribution in [2.75, 3.05) is 32.8 Å². The van der Waals surface area contributed by atoms with E-state index in [0.29, 0.717) is 13.2 Å². The van der Waals surface area contributed by atoms with Gasteiger partial charge in [-0.25, -0.2) is 0 Å². The van der Waals surface area contributed by atoms with Gasteiger partial charge in [0.05, 0.1) is 13.2 Å². The average Bonchev–Trinajstić information content (AvgIpc) is 3.00. The molecule has 0 aromatic heterocycles. The van der Waals surface area contributed by atoms with Crippen LogP contribution in [0.15, 0.2) is 0 Å². The van der Waals surface area contributed by atoms with Crippen LogP contribution in [0.4, 0.5) is 0 Å². The lowest BCUT2D eigenvalue weighted by molar-refractivity contribution is 0.105. The van der Waals surface area contributed by atoms with Crippen molar-refractivity contribution >= 4 is 0 Å². The molecule has 0 unspecified atom stereocenters. The zero-order valence-electron chi connectivity index (χ0n) is 9.37. The Labute approximate surface area is 87.6 Å². The minimum atomic E-state index is 0.637. The smallest absolute Gasteiger partial charge is 0.0594 e. The molecule has 0 amide bonds. The van der Waals surface area contributed by atoms with Crippen LogP contribution < -0.4 is 5.73 Å². The summed E-state index contributed by atoms with van der Waals surface area (Å²) < 4.78 is 5.40. The molecule has 3 nitrogen and oxygen atoms in total. The summed E-state index contributed by atoms with van der Waals surface area (Å²) in [6, 6.07) is 0.864. The summed E-state index contributed by atoms with van der Waals surface area (Å²) in [4.78, 5) is 2.57. The molecule has 2 N–H and O–H groups in total. The van der Waals surface area contributed by atoms with Crippen molar-refractivity contribution in [1.82, 2.24) is 4.90 Å². The van der Waals surface area contributed by atoms with E-state index in [9.17, 15) is 0 Å². The number of rotatable bonds is 9. The molecule has 1 aliphatic rings. The Hall–Kier alpha value is -0.120. The lowest BCUT2D eigenvalue weighted by Gasteiger charge is -2.21. The second-order valence-electron chi connectivity index (χ2n) is 4.02. The Balaban J connectivity index is 2.02. The summed E-state index contributed by atoms with van der Waals surface area (Å²) in [5.41, 5.74) is 5.36. The lowest BCUT2D eigenvalue weighted by atomic mass is 10.3. The molecule has 0 heterocycles. The Morgan fingerprint density at radius 3 is 2.64 bits per heavy atom. The molecule has 0 radical (unpaired) electrons. The largest absolute Gasteiger partial charge is 0.379 e. The molecule has 3 heteroatoms. The fraction of sp³-hybridized carbons (Fsp3) is 1.00. The molecule has 14 heavy (non-hydrogen) atoms. The quantitative estimate of drug-likeness (QED) is 0.569. The Kier molecular flexibility index (Phi) is 6.15. The van der Waals surface area contributed by atoms with E-state index in [1.54, 1.807) is 0 Å². The van der Waals surface area contributed by atoms with Gasteiger partial charge in [-0.2, -0.15) is 0 Å². The summed E-state index contributed by atoms with van der Waals surface area (Å²) >= 11 is 0. The second kappa shape index (κ2) is 7.21. The van der Waals surface area contributed by atoms with Gasteiger partial charge in [-0.1, -0.05) is 13.3 Å². The van der Waals surface area contributed by atoms with Crippen LogP contribution in [0.2, 0.25) is 0 Å². The highest BCUT2D eigenvalue weighted by Crippen LogP contribution is 2.26. The first-order chi connectivity index (χ1) is 6.88. The Morgan fingerprint density at radius 2 is 2.07 bits per heavy atom. The van der Waals surface area contributed by atoms with Crippen molar-refractivity contribution in [1.29, 1.82) is 0 Å². The molecule has 0 aromatic carbocycles. The van der Waals surface area contributed by atoms with Crippen LogP contribution in [-0.2, 0) is 4.74 Å². The van der Waals surface area contributed by atoms with Gasteiger partial charge in [0.1, 0.15) is 0 Å². The zero-order valence-corrected chi connectivity index (χ0v) is 9.37. The molecule has 1 rings (SSSR count). The van der Waals surface area contributed by atoms with Crippen LogP contribution in [0, 0.1) is 0 Å². The summed E-state index contributed by atoms with van der Waals surface area (Å²) in [6.07, 6.45) is 5.38. The van der Waals surface area contributed by atoms with Crippen LogP contribution in [0.25, 0.3) is 0 Å². The lowest BCUT2D eigenvalue weighted by Crippen LogP contribution is -2.31. The van der Waals surface area contributed by atoms with Crippen molar-refractivity contribution < 1.29 is 4.74 Å². The number of nitrogens with two attached hydrogens (primary N) is 1. The van der Waals surface area contributed by atoms with Gasteiger partial charge >= 0.3 is 0 Å². The van der Waals surface area contributed by atoms with Crippen LogP contribution in [0.1, 0.15) is 32.6 Å². The zero-order chi connectivity index (χ0) is 10.2. The predicted octanol–water partition coefficient (Wildman–Crippen LogP) is 1.23. The number of hydrogen-bond acceptors (Lipinski definition) is 3. The van der Waals surface area contributed by atoms with Gasteiger partial charge in [0.25, 0.3) is 0 Å². The number of ether oxygens (including phenoxy) is 1. The van der Waals surface area contributed by atoms with Crippen molar-refractivity contribution in [3.63, 3.8) is 0 Å². The molecule has 0 bridgehead atoms. The maximum Gasteiger partial charge on any atom is 0.0594 e. The first kappa shape index (κ1) is 12.0. The Morgan fingerprint density at radius 1 is 1.29 bits per heavy atom. The fourth-order valence-electron chi connectivity index (χ4n) is 1.65. The van der Waals surface area contributed by atoms with E-state index in [0.717, 1.165) is 19.2 Å². The molecular weight excluding hydrogens is 176 g/mol. The summed E-state index contributed by atoms with van der Waals surface area (Å²) in [6.45, 7) is 6.76. The van der Waals surface area contributed by atoms with Crippen LogP contribution >= 0.6 is 0 Å². The number of unbranched alkanes of at least 4 members (excludes halogenated alkanes) is 1. The first-order valence-corrected chi connectivity index (χ1v) is 5.90. The molecule has 0 atom stereocenters. The van der Waals surface area contributed by atoms with Crippen molar-refractivity contribution in [3.05, 3.63) is 0 Å². The third kappa shape index (κ3) is 4.94. The summed E-state index contributed by atoms with van der Waals surface area (Å²) in [5, 5.41) is 0. The molecule has 1 saturated carbocycles. The van der Waals surface area contributed by atoms with Gasteiger partial charge in [-0.15, -0.1) is 0 Å². The highest BCUT2D eigenvalue weighted by molar-refractivity contribution is 4.84. The van der Waals surface area contributed by atoms with E-state index in [4.69, 9.17) is 10.5 Å². The molecule has 1 aliphatic carbocycles. The van der Waals surface area contributed by atoms with Gasteiger partial charge in [-0.05, 0) is 25.8 Å². The fourth-order valence-corrected chi connectivity index (χ4v) is 1.65. The van der Waals surface area contributed by atoms with E-state index in [1.165, 1.54) is 32.2 Å². The normalized spacial score (nSPS) is 16.5. The molecule has 84 valence electrons. The monoisotopic (exact) mass is 200 g/mol. The van der Waals surface area contributed by atoms with Crippen LogP contribution in [0.5, 0.6) is 0 Å².